The van der Waals surface area contributed by atoms with Crippen molar-refractivity contribution in [2.75, 3.05) is 0 Å². The molecule has 0 aliphatic heterocycles. The average molecular weight is 219 g/mol. The van der Waals surface area contributed by atoms with Gasteiger partial charge >= 0.3 is 0 Å². The van der Waals surface area contributed by atoms with Gasteiger partial charge in [-0.2, -0.15) is 0 Å². The molecular weight excluding hydrogens is 202 g/mol. The first-order valence-electron chi connectivity index (χ1n) is 5.37. The molecule has 86 valence electrons. The van der Waals surface area contributed by atoms with Crippen LogP contribution in [0.2, 0.25) is 0 Å². The molecule has 2 unspecified atom stereocenters. The number of benzene rings is 1. The number of fused-ring (bicyclic) bond motifs is 1. The van der Waals surface area contributed by atoms with Gasteiger partial charge in [0, 0.05) is 13.1 Å². The smallest absolute Gasteiger partial charge is 0.106 e. The second kappa shape index (κ2) is 3.88. The molecule has 1 heterocycles. The van der Waals surface area contributed by atoms with Crippen molar-refractivity contribution >= 4 is 11.0 Å². The number of aromatic nitrogens is 2. The summed E-state index contributed by atoms with van der Waals surface area (Å²) in [5, 5.41) is 9.87. The first-order valence-corrected chi connectivity index (χ1v) is 5.37. The molecule has 2 atom stereocenters. The minimum absolute atomic E-state index is 0.276. The van der Waals surface area contributed by atoms with Crippen LogP contribution < -0.4 is 5.73 Å². The minimum atomic E-state index is -0.633. The highest BCUT2D eigenvalue weighted by molar-refractivity contribution is 5.76. The van der Waals surface area contributed by atoms with Gasteiger partial charge in [-0.1, -0.05) is 6.07 Å². The number of hydrogen-bond donors (Lipinski definition) is 2. The van der Waals surface area contributed by atoms with Crippen molar-refractivity contribution in [3.63, 3.8) is 0 Å². The molecule has 3 N–H and O–H groups in total. The van der Waals surface area contributed by atoms with Crippen LogP contribution in [0.3, 0.4) is 0 Å². The highest BCUT2D eigenvalue weighted by atomic mass is 16.3. The van der Waals surface area contributed by atoms with Gasteiger partial charge in [0.05, 0.1) is 17.1 Å². The quantitative estimate of drug-likeness (QED) is 0.799. The van der Waals surface area contributed by atoms with Gasteiger partial charge < -0.3 is 15.4 Å². The predicted molar refractivity (Wildman–Crippen MR) is 64.1 cm³/mol. The maximum atomic E-state index is 9.87. The summed E-state index contributed by atoms with van der Waals surface area (Å²) in [6.45, 7) is 3.75. The minimum Gasteiger partial charge on any atom is -0.387 e. The van der Waals surface area contributed by atoms with E-state index >= 15 is 0 Å². The fourth-order valence-electron chi connectivity index (χ4n) is 1.82. The summed E-state index contributed by atoms with van der Waals surface area (Å²) < 4.78 is 2.03. The van der Waals surface area contributed by atoms with Gasteiger partial charge in [-0.25, -0.2) is 4.98 Å². The van der Waals surface area contributed by atoms with Gasteiger partial charge in [0.25, 0.3) is 0 Å². The number of aryl methyl sites for hydroxylation is 2. The van der Waals surface area contributed by atoms with Crippen molar-refractivity contribution in [1.29, 1.82) is 0 Å². The molecular formula is C12H17N3O. The standard InChI is InChI=1S/C12H17N3O/c1-7(13)12(16)9-4-5-11-10(6-9)14-8(2)15(11)3/h4-7,12,16H,13H2,1-3H3. The Morgan fingerprint density at radius 2 is 2.12 bits per heavy atom. The fraction of sp³-hybridized carbons (Fsp3) is 0.417. The third kappa shape index (κ3) is 1.70. The highest BCUT2D eigenvalue weighted by Crippen LogP contribution is 2.21. The van der Waals surface area contributed by atoms with E-state index in [9.17, 15) is 5.11 Å². The lowest BCUT2D eigenvalue weighted by Gasteiger charge is -2.14. The number of rotatable bonds is 2. The van der Waals surface area contributed by atoms with Crippen molar-refractivity contribution in [1.82, 2.24) is 9.55 Å². The van der Waals surface area contributed by atoms with Crippen LogP contribution in [0, 0.1) is 6.92 Å². The Morgan fingerprint density at radius 3 is 2.75 bits per heavy atom. The topological polar surface area (TPSA) is 64.1 Å². The molecule has 0 fully saturated rings. The van der Waals surface area contributed by atoms with Crippen LogP contribution >= 0.6 is 0 Å². The molecule has 2 rings (SSSR count). The van der Waals surface area contributed by atoms with E-state index in [0.717, 1.165) is 22.4 Å². The summed E-state index contributed by atoms with van der Waals surface area (Å²) >= 11 is 0. The lowest BCUT2D eigenvalue weighted by molar-refractivity contribution is 0.153. The van der Waals surface area contributed by atoms with Crippen LogP contribution in [-0.2, 0) is 7.05 Å². The van der Waals surface area contributed by atoms with Crippen LogP contribution in [0.15, 0.2) is 18.2 Å². The molecule has 16 heavy (non-hydrogen) atoms. The molecule has 0 saturated carbocycles. The summed E-state index contributed by atoms with van der Waals surface area (Å²) in [6.07, 6.45) is -0.633. The molecule has 0 amide bonds. The predicted octanol–water partition coefficient (Wildman–Crippen LogP) is 1.26. The van der Waals surface area contributed by atoms with Crippen molar-refractivity contribution < 1.29 is 5.11 Å². The van der Waals surface area contributed by atoms with Crippen molar-refractivity contribution in [2.45, 2.75) is 26.0 Å². The number of hydrogen-bond acceptors (Lipinski definition) is 3. The molecule has 0 saturated heterocycles. The zero-order valence-electron chi connectivity index (χ0n) is 9.81. The van der Waals surface area contributed by atoms with E-state index in [1.165, 1.54) is 0 Å². The van der Waals surface area contributed by atoms with Crippen LogP contribution in [0.25, 0.3) is 11.0 Å². The maximum Gasteiger partial charge on any atom is 0.106 e. The third-order valence-corrected chi connectivity index (χ3v) is 2.97. The van der Waals surface area contributed by atoms with Gasteiger partial charge in [-0.15, -0.1) is 0 Å². The van der Waals surface area contributed by atoms with Gasteiger partial charge in [-0.05, 0) is 31.5 Å². The normalized spacial score (nSPS) is 15.3. The summed E-state index contributed by atoms with van der Waals surface area (Å²) in [5.41, 5.74) is 8.46. The SMILES string of the molecule is Cc1nc2cc(C(O)C(C)N)ccc2n1C. The fourth-order valence-corrected chi connectivity index (χ4v) is 1.82. The lowest BCUT2D eigenvalue weighted by Crippen LogP contribution is -2.24. The highest BCUT2D eigenvalue weighted by Gasteiger charge is 2.14. The van der Waals surface area contributed by atoms with Crippen molar-refractivity contribution in [3.8, 4) is 0 Å². The Balaban J connectivity index is 2.52. The van der Waals surface area contributed by atoms with Crippen LogP contribution in [-0.4, -0.2) is 20.7 Å². The molecule has 1 aromatic carbocycles. The largest absolute Gasteiger partial charge is 0.387 e. The number of aliphatic hydroxyl groups is 1. The van der Waals surface area contributed by atoms with Gasteiger partial charge in [0.1, 0.15) is 5.82 Å². The van der Waals surface area contributed by atoms with E-state index in [-0.39, 0.29) is 6.04 Å². The summed E-state index contributed by atoms with van der Waals surface area (Å²) in [4.78, 5) is 4.43. The van der Waals surface area contributed by atoms with Crippen molar-refractivity contribution in [3.05, 3.63) is 29.6 Å². The zero-order chi connectivity index (χ0) is 11.9. The summed E-state index contributed by atoms with van der Waals surface area (Å²) in [6, 6.07) is 5.49. The van der Waals surface area contributed by atoms with Gasteiger partial charge in [0.2, 0.25) is 0 Å². The van der Waals surface area contributed by atoms with Crippen molar-refractivity contribution in [2.24, 2.45) is 12.8 Å². The molecule has 0 spiro atoms. The number of nitrogens with two attached hydrogens (primary N) is 1. The maximum absolute atomic E-state index is 9.87. The van der Waals surface area contributed by atoms with Gasteiger partial charge in [-0.3, -0.25) is 0 Å². The second-order valence-corrected chi connectivity index (χ2v) is 4.27. The number of aliphatic hydroxyl groups excluding tert-OH is 1. The van der Waals surface area contributed by atoms with Crippen LogP contribution in [0.4, 0.5) is 0 Å². The van der Waals surface area contributed by atoms with E-state index in [2.05, 4.69) is 4.98 Å². The van der Waals surface area contributed by atoms with E-state index in [4.69, 9.17) is 5.73 Å². The van der Waals surface area contributed by atoms with E-state index in [0.29, 0.717) is 0 Å². The van der Waals surface area contributed by atoms with Crippen LogP contribution in [0.5, 0.6) is 0 Å². The Kier molecular flexibility index (Phi) is 2.69. The third-order valence-electron chi connectivity index (χ3n) is 2.97. The van der Waals surface area contributed by atoms with Gasteiger partial charge in [0.15, 0.2) is 0 Å². The summed E-state index contributed by atoms with van der Waals surface area (Å²) in [5.74, 6) is 0.961. The number of nitrogens with zero attached hydrogens (tertiary/aromatic N) is 2. The van der Waals surface area contributed by atoms with E-state index in [1.807, 2.05) is 36.7 Å². The molecule has 4 nitrogen and oxygen atoms in total. The summed E-state index contributed by atoms with van der Waals surface area (Å²) in [7, 11) is 1.98. The monoisotopic (exact) mass is 219 g/mol. The molecule has 0 aliphatic carbocycles. The zero-order valence-corrected chi connectivity index (χ0v) is 9.81. The molecule has 2 aromatic rings. The molecule has 1 aromatic heterocycles. The first kappa shape index (κ1) is 11.1. The lowest BCUT2D eigenvalue weighted by atomic mass is 10.0. The van der Waals surface area contributed by atoms with E-state index < -0.39 is 6.10 Å². The first-order chi connectivity index (χ1) is 7.50. The Morgan fingerprint density at radius 1 is 1.44 bits per heavy atom. The molecule has 0 radical (unpaired) electrons. The van der Waals surface area contributed by atoms with Crippen LogP contribution in [0.1, 0.15) is 24.4 Å². The molecule has 0 bridgehead atoms. The Hall–Kier alpha value is -1.39. The average Bonchev–Trinajstić information content (AvgIpc) is 2.53. The Labute approximate surface area is 94.7 Å². The van der Waals surface area contributed by atoms with E-state index in [1.54, 1.807) is 6.92 Å². The molecule has 0 aliphatic rings. The number of imidazole rings is 1. The molecule has 4 heteroatoms. The Bertz CT molecular complexity index is 516. The second-order valence-electron chi connectivity index (χ2n) is 4.27.